The standard InChI is InChI=1S/C11H20N2O2/c14-7-3-6-13-8-9-4-1-2-5-10(9)12-11(13)15/h9-10,14H,1-8H2,(H,12,15). The van der Waals surface area contributed by atoms with Crippen LogP contribution in [0.25, 0.3) is 0 Å². The first-order chi connectivity index (χ1) is 7.31. The number of hydrogen-bond donors (Lipinski definition) is 2. The lowest BCUT2D eigenvalue weighted by atomic mass is 9.83. The Morgan fingerprint density at radius 1 is 1.40 bits per heavy atom. The zero-order valence-corrected chi connectivity index (χ0v) is 9.11. The highest BCUT2D eigenvalue weighted by Crippen LogP contribution is 2.28. The molecule has 0 radical (unpaired) electrons. The predicted molar refractivity (Wildman–Crippen MR) is 57.6 cm³/mol. The second-order valence-corrected chi connectivity index (χ2v) is 4.62. The van der Waals surface area contributed by atoms with E-state index < -0.39 is 0 Å². The van der Waals surface area contributed by atoms with Crippen molar-refractivity contribution in [2.75, 3.05) is 19.7 Å². The Kier molecular flexibility index (Phi) is 3.46. The molecule has 0 aromatic rings. The van der Waals surface area contributed by atoms with Crippen LogP contribution < -0.4 is 5.32 Å². The molecule has 86 valence electrons. The lowest BCUT2D eigenvalue weighted by molar-refractivity contribution is 0.121. The van der Waals surface area contributed by atoms with Gasteiger partial charge < -0.3 is 15.3 Å². The molecular formula is C11H20N2O2. The summed E-state index contributed by atoms with van der Waals surface area (Å²) in [5, 5.41) is 11.8. The van der Waals surface area contributed by atoms with Gasteiger partial charge in [-0.05, 0) is 25.2 Å². The molecule has 1 heterocycles. The van der Waals surface area contributed by atoms with Crippen LogP contribution in [0, 0.1) is 5.92 Å². The molecule has 1 aliphatic heterocycles. The lowest BCUT2D eigenvalue weighted by Crippen LogP contribution is -2.57. The monoisotopic (exact) mass is 212 g/mol. The summed E-state index contributed by atoms with van der Waals surface area (Å²) in [6.45, 7) is 1.74. The number of nitrogens with zero attached hydrogens (tertiary/aromatic N) is 1. The summed E-state index contributed by atoms with van der Waals surface area (Å²) >= 11 is 0. The van der Waals surface area contributed by atoms with Gasteiger partial charge in [-0.2, -0.15) is 0 Å². The molecule has 1 saturated heterocycles. The Balaban J connectivity index is 1.89. The third-order valence-corrected chi connectivity index (χ3v) is 3.55. The van der Waals surface area contributed by atoms with Crippen LogP contribution in [0.5, 0.6) is 0 Å². The van der Waals surface area contributed by atoms with Crippen LogP contribution >= 0.6 is 0 Å². The summed E-state index contributed by atoms with van der Waals surface area (Å²) in [5.74, 6) is 0.634. The summed E-state index contributed by atoms with van der Waals surface area (Å²) in [7, 11) is 0. The van der Waals surface area contributed by atoms with Crippen LogP contribution in [0.4, 0.5) is 4.79 Å². The summed E-state index contributed by atoms with van der Waals surface area (Å²) in [4.78, 5) is 13.5. The number of urea groups is 1. The van der Waals surface area contributed by atoms with Gasteiger partial charge in [0.2, 0.25) is 0 Å². The first kappa shape index (κ1) is 10.7. The fourth-order valence-corrected chi connectivity index (χ4v) is 2.69. The van der Waals surface area contributed by atoms with Crippen molar-refractivity contribution in [3.63, 3.8) is 0 Å². The minimum absolute atomic E-state index is 0.0617. The number of rotatable bonds is 3. The van der Waals surface area contributed by atoms with Crippen molar-refractivity contribution in [1.29, 1.82) is 0 Å². The number of aliphatic hydroxyl groups excluding tert-OH is 1. The Bertz CT molecular complexity index is 233. The molecule has 2 aliphatic rings. The van der Waals surface area contributed by atoms with E-state index >= 15 is 0 Å². The van der Waals surface area contributed by atoms with Gasteiger partial charge in [-0.25, -0.2) is 4.79 Å². The summed E-state index contributed by atoms with van der Waals surface area (Å²) in [5.41, 5.74) is 0. The Hall–Kier alpha value is -0.770. The normalized spacial score (nSPS) is 31.0. The quantitative estimate of drug-likeness (QED) is 0.732. The van der Waals surface area contributed by atoms with E-state index in [4.69, 9.17) is 5.11 Å². The second-order valence-electron chi connectivity index (χ2n) is 4.62. The van der Waals surface area contributed by atoms with Crippen LogP contribution in [0.15, 0.2) is 0 Å². The fraction of sp³-hybridized carbons (Fsp3) is 0.909. The zero-order valence-electron chi connectivity index (χ0n) is 9.11. The van der Waals surface area contributed by atoms with Crippen LogP contribution in [-0.2, 0) is 0 Å². The van der Waals surface area contributed by atoms with E-state index in [1.165, 1.54) is 19.3 Å². The van der Waals surface area contributed by atoms with Gasteiger partial charge in [0.1, 0.15) is 0 Å². The Morgan fingerprint density at radius 2 is 2.20 bits per heavy atom. The van der Waals surface area contributed by atoms with Crippen molar-refractivity contribution in [2.24, 2.45) is 5.92 Å². The fourth-order valence-electron chi connectivity index (χ4n) is 2.69. The molecule has 4 nitrogen and oxygen atoms in total. The molecule has 2 atom stereocenters. The van der Waals surface area contributed by atoms with Gasteiger partial charge in [0.05, 0.1) is 0 Å². The van der Waals surface area contributed by atoms with Gasteiger partial charge >= 0.3 is 6.03 Å². The molecule has 0 spiro atoms. The molecule has 2 amide bonds. The van der Waals surface area contributed by atoms with Crippen molar-refractivity contribution >= 4 is 6.03 Å². The molecular weight excluding hydrogens is 192 g/mol. The number of hydrogen-bond acceptors (Lipinski definition) is 2. The highest BCUT2D eigenvalue weighted by atomic mass is 16.3. The maximum Gasteiger partial charge on any atom is 0.317 e. The van der Waals surface area contributed by atoms with Gasteiger partial charge in [-0.15, -0.1) is 0 Å². The number of fused-ring (bicyclic) bond motifs is 1. The minimum Gasteiger partial charge on any atom is -0.396 e. The largest absolute Gasteiger partial charge is 0.396 e. The Morgan fingerprint density at radius 3 is 3.00 bits per heavy atom. The lowest BCUT2D eigenvalue weighted by Gasteiger charge is -2.41. The van der Waals surface area contributed by atoms with Crippen molar-refractivity contribution in [2.45, 2.75) is 38.1 Å². The van der Waals surface area contributed by atoms with E-state index in [1.807, 2.05) is 4.90 Å². The van der Waals surface area contributed by atoms with Crippen LogP contribution in [0.3, 0.4) is 0 Å². The molecule has 0 bridgehead atoms. The van der Waals surface area contributed by atoms with E-state index in [9.17, 15) is 4.79 Å². The zero-order chi connectivity index (χ0) is 10.7. The molecule has 2 N–H and O–H groups in total. The second kappa shape index (κ2) is 4.84. The van der Waals surface area contributed by atoms with Gasteiger partial charge in [-0.1, -0.05) is 12.8 Å². The molecule has 4 heteroatoms. The van der Waals surface area contributed by atoms with E-state index in [1.54, 1.807) is 0 Å². The molecule has 0 aromatic heterocycles. The molecule has 15 heavy (non-hydrogen) atoms. The smallest absolute Gasteiger partial charge is 0.317 e. The summed E-state index contributed by atoms with van der Waals surface area (Å²) in [6, 6.07) is 0.475. The molecule has 1 aliphatic carbocycles. The summed E-state index contributed by atoms with van der Waals surface area (Å²) < 4.78 is 0. The van der Waals surface area contributed by atoms with Crippen molar-refractivity contribution < 1.29 is 9.90 Å². The van der Waals surface area contributed by atoms with Gasteiger partial charge in [0, 0.05) is 25.7 Å². The van der Waals surface area contributed by atoms with Crippen molar-refractivity contribution in [1.82, 2.24) is 10.2 Å². The molecule has 2 rings (SSSR count). The van der Waals surface area contributed by atoms with E-state index in [0.717, 1.165) is 13.0 Å². The predicted octanol–water partition coefficient (Wildman–Crippen LogP) is 0.953. The third-order valence-electron chi connectivity index (χ3n) is 3.55. The average molecular weight is 212 g/mol. The number of carbonyl (C=O) groups excluding carboxylic acids is 1. The number of carbonyl (C=O) groups is 1. The maximum absolute atomic E-state index is 11.7. The van der Waals surface area contributed by atoms with Crippen LogP contribution in [0.1, 0.15) is 32.1 Å². The highest BCUT2D eigenvalue weighted by Gasteiger charge is 2.34. The van der Waals surface area contributed by atoms with Gasteiger partial charge in [-0.3, -0.25) is 0 Å². The summed E-state index contributed by atoms with van der Waals surface area (Å²) in [6.07, 6.45) is 5.61. The van der Waals surface area contributed by atoms with Crippen molar-refractivity contribution in [3.8, 4) is 0 Å². The highest BCUT2D eigenvalue weighted by molar-refractivity contribution is 5.75. The third kappa shape index (κ3) is 2.43. The average Bonchev–Trinajstić information content (AvgIpc) is 2.26. The van der Waals surface area contributed by atoms with E-state index in [-0.39, 0.29) is 12.6 Å². The first-order valence-corrected chi connectivity index (χ1v) is 5.97. The molecule has 2 fully saturated rings. The number of aliphatic hydroxyl groups is 1. The number of amides is 2. The molecule has 2 unspecified atom stereocenters. The van der Waals surface area contributed by atoms with E-state index in [0.29, 0.717) is 24.9 Å². The first-order valence-electron chi connectivity index (χ1n) is 5.97. The SMILES string of the molecule is O=C1NC2CCCCC2CN1CCCO. The molecule has 1 saturated carbocycles. The topological polar surface area (TPSA) is 52.6 Å². The van der Waals surface area contributed by atoms with Crippen molar-refractivity contribution in [3.05, 3.63) is 0 Å². The van der Waals surface area contributed by atoms with E-state index in [2.05, 4.69) is 5.32 Å². The maximum atomic E-state index is 11.7. The molecule has 0 aromatic carbocycles. The number of nitrogens with one attached hydrogen (secondary N) is 1. The minimum atomic E-state index is 0.0617. The Labute approximate surface area is 90.6 Å². The van der Waals surface area contributed by atoms with Gasteiger partial charge in [0.15, 0.2) is 0 Å². The van der Waals surface area contributed by atoms with Crippen LogP contribution in [-0.4, -0.2) is 41.8 Å². The van der Waals surface area contributed by atoms with Gasteiger partial charge in [0.25, 0.3) is 0 Å². The van der Waals surface area contributed by atoms with Crippen LogP contribution in [0.2, 0.25) is 0 Å².